The van der Waals surface area contributed by atoms with Crippen LogP contribution in [0, 0.1) is 18.3 Å². The van der Waals surface area contributed by atoms with Crippen molar-refractivity contribution in [2.45, 2.75) is 6.92 Å². The van der Waals surface area contributed by atoms with Crippen LogP contribution in [-0.2, 0) is 0 Å². The number of aromatic nitrogens is 1. The van der Waals surface area contributed by atoms with Crippen molar-refractivity contribution in [2.24, 2.45) is 0 Å². The Labute approximate surface area is 79.9 Å². The summed E-state index contributed by atoms with van der Waals surface area (Å²) in [6.07, 6.45) is 0. The molecular formula is C10H7FNS. The third kappa shape index (κ3) is 1.60. The maximum Gasteiger partial charge on any atom is 0.153 e. The summed E-state index contributed by atoms with van der Waals surface area (Å²) < 4.78 is 12.9. The Morgan fingerprint density at radius 3 is 2.92 bits per heavy atom. The van der Waals surface area contributed by atoms with Gasteiger partial charge < -0.3 is 0 Å². The van der Waals surface area contributed by atoms with E-state index in [4.69, 9.17) is 0 Å². The maximum absolute atomic E-state index is 12.9. The third-order valence-electron chi connectivity index (χ3n) is 1.79. The van der Waals surface area contributed by atoms with E-state index in [0.29, 0.717) is 0 Å². The molecule has 0 bridgehead atoms. The van der Waals surface area contributed by atoms with E-state index in [9.17, 15) is 4.39 Å². The quantitative estimate of drug-likeness (QED) is 0.676. The second kappa shape index (κ2) is 3.26. The molecule has 1 aromatic carbocycles. The second-order valence-corrected chi connectivity index (χ2v) is 3.72. The third-order valence-corrected chi connectivity index (χ3v) is 2.47. The summed E-state index contributed by atoms with van der Waals surface area (Å²) in [5.41, 5.74) is 4.42. The van der Waals surface area contributed by atoms with Crippen LogP contribution in [0.25, 0.3) is 11.3 Å². The molecule has 65 valence electrons. The van der Waals surface area contributed by atoms with E-state index >= 15 is 0 Å². The molecular weight excluding hydrogens is 185 g/mol. The number of halogens is 1. The summed E-state index contributed by atoms with van der Waals surface area (Å²) in [6.45, 7) is 1.95. The summed E-state index contributed by atoms with van der Waals surface area (Å²) in [4.78, 5) is 5.11. The zero-order valence-electron chi connectivity index (χ0n) is 7.04. The molecule has 3 heteroatoms. The van der Waals surface area contributed by atoms with E-state index in [1.54, 1.807) is 6.07 Å². The van der Waals surface area contributed by atoms with Gasteiger partial charge in [-0.3, -0.25) is 0 Å². The molecule has 0 unspecified atom stereocenters. The van der Waals surface area contributed by atoms with Gasteiger partial charge in [-0.2, -0.15) is 0 Å². The minimum absolute atomic E-state index is 0.232. The smallest absolute Gasteiger partial charge is 0.153 e. The van der Waals surface area contributed by atoms with Crippen LogP contribution in [0.3, 0.4) is 0 Å². The molecule has 2 rings (SSSR count). The molecule has 0 atom stereocenters. The summed E-state index contributed by atoms with van der Waals surface area (Å²) in [5, 5.41) is 0. The van der Waals surface area contributed by atoms with Crippen molar-refractivity contribution >= 4 is 11.3 Å². The van der Waals surface area contributed by atoms with Gasteiger partial charge in [0.15, 0.2) is 5.51 Å². The fourth-order valence-corrected chi connectivity index (χ4v) is 1.70. The predicted molar refractivity (Wildman–Crippen MR) is 51.1 cm³/mol. The van der Waals surface area contributed by atoms with Crippen LogP contribution in [-0.4, -0.2) is 4.98 Å². The Bertz CT molecular complexity index is 422. The number of benzene rings is 1. The Balaban J connectivity index is 2.53. The molecule has 1 nitrogen and oxygen atoms in total. The lowest BCUT2D eigenvalue weighted by atomic mass is 10.1. The number of aryl methyl sites for hydroxylation is 1. The van der Waals surface area contributed by atoms with Gasteiger partial charge in [-0.15, -0.1) is 11.3 Å². The average molecular weight is 192 g/mol. The predicted octanol–water partition coefficient (Wildman–Crippen LogP) is 3.06. The minimum atomic E-state index is -0.232. The van der Waals surface area contributed by atoms with E-state index in [0.717, 1.165) is 16.1 Å². The lowest BCUT2D eigenvalue weighted by Gasteiger charge is -1.97. The molecule has 0 aliphatic carbocycles. The van der Waals surface area contributed by atoms with Crippen LogP contribution in [0.2, 0.25) is 0 Å². The van der Waals surface area contributed by atoms with Crippen LogP contribution < -0.4 is 0 Å². The van der Waals surface area contributed by atoms with Gasteiger partial charge in [0.05, 0.1) is 5.69 Å². The van der Waals surface area contributed by atoms with Gasteiger partial charge >= 0.3 is 0 Å². The fraction of sp³-hybridized carbons (Fsp3) is 0.100. The van der Waals surface area contributed by atoms with E-state index < -0.39 is 0 Å². The molecule has 0 fully saturated rings. The molecule has 0 aliphatic rings. The zero-order valence-corrected chi connectivity index (χ0v) is 7.86. The normalized spacial score (nSPS) is 10.3. The number of nitrogens with zero attached hydrogens (tertiary/aromatic N) is 1. The van der Waals surface area contributed by atoms with Crippen LogP contribution >= 0.6 is 11.3 Å². The Kier molecular flexibility index (Phi) is 2.10. The van der Waals surface area contributed by atoms with Gasteiger partial charge in [0, 0.05) is 10.4 Å². The monoisotopic (exact) mass is 192 g/mol. The van der Waals surface area contributed by atoms with Crippen LogP contribution in [0.5, 0.6) is 0 Å². The fourth-order valence-electron chi connectivity index (χ4n) is 1.17. The van der Waals surface area contributed by atoms with Gasteiger partial charge in [0.1, 0.15) is 5.82 Å². The average Bonchev–Trinajstić information content (AvgIpc) is 2.51. The highest BCUT2D eigenvalue weighted by atomic mass is 32.1. The number of hydrogen-bond acceptors (Lipinski definition) is 2. The van der Waals surface area contributed by atoms with Gasteiger partial charge in [0.25, 0.3) is 0 Å². The van der Waals surface area contributed by atoms with Crippen molar-refractivity contribution in [3.8, 4) is 11.3 Å². The molecule has 0 saturated heterocycles. The molecule has 0 spiro atoms. The lowest BCUT2D eigenvalue weighted by Crippen LogP contribution is -1.81. The topological polar surface area (TPSA) is 12.9 Å². The molecule has 2 aromatic rings. The second-order valence-electron chi connectivity index (χ2n) is 2.72. The highest BCUT2D eigenvalue weighted by molar-refractivity contribution is 7.09. The maximum atomic E-state index is 12.9. The van der Waals surface area contributed by atoms with Gasteiger partial charge in [-0.1, -0.05) is 12.1 Å². The Morgan fingerprint density at radius 2 is 2.31 bits per heavy atom. The van der Waals surface area contributed by atoms with Crippen molar-refractivity contribution in [1.82, 2.24) is 4.98 Å². The largest absolute Gasteiger partial charge is 0.233 e. The summed E-state index contributed by atoms with van der Waals surface area (Å²) in [6, 6.07) is 6.44. The summed E-state index contributed by atoms with van der Waals surface area (Å²) >= 11 is 1.45. The first-order valence-corrected chi connectivity index (χ1v) is 4.68. The van der Waals surface area contributed by atoms with Crippen molar-refractivity contribution in [2.75, 3.05) is 0 Å². The standard InChI is InChI=1S/C10H7FNS/c1-7-10(12-6-13-7)8-3-2-4-9(11)5-8/h2-5H,1H3. The van der Waals surface area contributed by atoms with Crippen LogP contribution in [0.1, 0.15) is 4.88 Å². The SMILES string of the molecule is Cc1s[c]nc1-c1cccc(F)c1. The molecule has 1 heterocycles. The highest BCUT2D eigenvalue weighted by Crippen LogP contribution is 2.24. The first-order chi connectivity index (χ1) is 6.27. The molecule has 0 N–H and O–H groups in total. The molecule has 1 radical (unpaired) electrons. The van der Waals surface area contributed by atoms with Crippen molar-refractivity contribution in [3.05, 3.63) is 40.5 Å². The highest BCUT2D eigenvalue weighted by Gasteiger charge is 2.04. The van der Waals surface area contributed by atoms with Gasteiger partial charge in [0.2, 0.25) is 0 Å². The van der Waals surface area contributed by atoms with Gasteiger partial charge in [-0.25, -0.2) is 9.37 Å². The molecule has 13 heavy (non-hydrogen) atoms. The Hall–Kier alpha value is -1.22. The summed E-state index contributed by atoms with van der Waals surface area (Å²) in [5.74, 6) is -0.232. The first-order valence-electron chi connectivity index (χ1n) is 3.87. The lowest BCUT2D eigenvalue weighted by molar-refractivity contribution is 0.628. The van der Waals surface area contributed by atoms with E-state index in [2.05, 4.69) is 10.5 Å². The minimum Gasteiger partial charge on any atom is -0.233 e. The number of thiazole rings is 1. The number of hydrogen-bond donors (Lipinski definition) is 0. The molecule has 0 amide bonds. The van der Waals surface area contributed by atoms with E-state index in [1.165, 1.54) is 23.5 Å². The zero-order chi connectivity index (χ0) is 9.26. The van der Waals surface area contributed by atoms with Crippen molar-refractivity contribution in [1.29, 1.82) is 0 Å². The van der Waals surface area contributed by atoms with Crippen LogP contribution in [0.15, 0.2) is 24.3 Å². The Morgan fingerprint density at radius 1 is 1.46 bits per heavy atom. The molecule has 0 aliphatic heterocycles. The van der Waals surface area contributed by atoms with Crippen molar-refractivity contribution in [3.63, 3.8) is 0 Å². The molecule has 1 aromatic heterocycles. The van der Waals surface area contributed by atoms with Gasteiger partial charge in [-0.05, 0) is 19.1 Å². The van der Waals surface area contributed by atoms with E-state index in [-0.39, 0.29) is 5.82 Å². The van der Waals surface area contributed by atoms with E-state index in [1.807, 2.05) is 13.0 Å². The first kappa shape index (κ1) is 8.38. The molecule has 0 saturated carbocycles. The summed E-state index contributed by atoms with van der Waals surface area (Å²) in [7, 11) is 0. The van der Waals surface area contributed by atoms with Crippen LogP contribution in [0.4, 0.5) is 4.39 Å². The number of rotatable bonds is 1. The van der Waals surface area contributed by atoms with Crippen molar-refractivity contribution < 1.29 is 4.39 Å².